The number of methoxy groups -OCH3 is 2. The number of halogens is 1. The first-order valence-corrected chi connectivity index (χ1v) is 13.7. The van der Waals surface area contributed by atoms with Crippen molar-refractivity contribution < 1.29 is 28.2 Å². The molecule has 0 aliphatic heterocycles. The zero-order chi connectivity index (χ0) is 29.9. The first-order valence-electron chi connectivity index (χ1n) is 12.7. The molecule has 4 rings (SSSR count). The van der Waals surface area contributed by atoms with Gasteiger partial charge in [-0.1, -0.05) is 36.4 Å². The van der Waals surface area contributed by atoms with E-state index in [4.69, 9.17) is 9.47 Å². The van der Waals surface area contributed by atoms with Crippen LogP contribution in [-0.2, 0) is 9.59 Å². The molecule has 42 heavy (non-hydrogen) atoms. The van der Waals surface area contributed by atoms with E-state index in [0.717, 1.165) is 4.90 Å². The summed E-state index contributed by atoms with van der Waals surface area (Å²) >= 11 is 1.28. The molecule has 4 aromatic rings. The monoisotopic (exact) mass is 585 g/mol. The van der Waals surface area contributed by atoms with Crippen LogP contribution in [-0.4, -0.2) is 37.7 Å². The number of ether oxygens (including phenoxy) is 2. The molecule has 0 saturated carbocycles. The Morgan fingerprint density at radius 2 is 1.60 bits per heavy atom. The Morgan fingerprint density at radius 3 is 2.31 bits per heavy atom. The molecule has 214 valence electrons. The Bertz CT molecular complexity index is 1590. The van der Waals surface area contributed by atoms with Gasteiger partial charge in [-0.2, -0.15) is 0 Å². The van der Waals surface area contributed by atoms with Crippen molar-refractivity contribution in [2.45, 2.75) is 4.90 Å². The van der Waals surface area contributed by atoms with Gasteiger partial charge in [-0.05, 0) is 66.2 Å². The first-order chi connectivity index (χ1) is 20.3. The minimum Gasteiger partial charge on any atom is -0.497 e. The number of hydrogen-bond acceptors (Lipinski definition) is 6. The van der Waals surface area contributed by atoms with Gasteiger partial charge >= 0.3 is 0 Å². The molecular weight excluding hydrogens is 557 g/mol. The average molecular weight is 586 g/mol. The maximum absolute atomic E-state index is 13.4. The molecule has 0 aromatic heterocycles. The van der Waals surface area contributed by atoms with E-state index >= 15 is 0 Å². The molecule has 0 aliphatic carbocycles. The second-order valence-electron chi connectivity index (χ2n) is 8.81. The fourth-order valence-corrected chi connectivity index (χ4v) is 4.52. The molecule has 0 fully saturated rings. The molecule has 4 aromatic carbocycles. The highest BCUT2D eigenvalue weighted by molar-refractivity contribution is 8.00. The van der Waals surface area contributed by atoms with Crippen LogP contribution in [0.5, 0.6) is 11.5 Å². The van der Waals surface area contributed by atoms with Crippen LogP contribution in [0.15, 0.2) is 108 Å². The smallest absolute Gasteiger partial charge is 0.272 e. The second-order valence-corrected chi connectivity index (χ2v) is 9.86. The molecule has 0 atom stereocenters. The fourth-order valence-electron chi connectivity index (χ4n) is 3.77. The van der Waals surface area contributed by atoms with E-state index in [2.05, 4.69) is 16.0 Å². The Morgan fingerprint density at radius 1 is 0.833 bits per heavy atom. The lowest BCUT2D eigenvalue weighted by atomic mass is 10.1. The standard InChI is InChI=1S/C32H28FN3O5S/c1-40-25-15-16-27(29(19-25)41-2)35-30(37)20-42-26-10-6-9-24(18-26)34-32(39)28(17-21-11-13-23(33)14-12-21)36-31(38)22-7-4-3-5-8-22/h3-19H,20H2,1-2H3,(H,34,39)(H,35,37)(H,36,38)/b28-17-. The van der Waals surface area contributed by atoms with Crippen LogP contribution in [0.3, 0.4) is 0 Å². The lowest BCUT2D eigenvalue weighted by molar-refractivity contribution is -0.114. The zero-order valence-electron chi connectivity index (χ0n) is 22.8. The largest absolute Gasteiger partial charge is 0.497 e. The maximum Gasteiger partial charge on any atom is 0.272 e. The van der Waals surface area contributed by atoms with E-state index in [9.17, 15) is 18.8 Å². The van der Waals surface area contributed by atoms with Crippen molar-refractivity contribution in [1.82, 2.24) is 5.32 Å². The van der Waals surface area contributed by atoms with Gasteiger partial charge in [-0.25, -0.2) is 4.39 Å². The predicted molar refractivity (Wildman–Crippen MR) is 162 cm³/mol. The van der Waals surface area contributed by atoms with Crippen LogP contribution >= 0.6 is 11.8 Å². The van der Waals surface area contributed by atoms with Crippen LogP contribution in [0, 0.1) is 5.82 Å². The Balaban J connectivity index is 1.43. The second kappa shape index (κ2) is 14.5. The average Bonchev–Trinajstić information content (AvgIpc) is 3.01. The number of amides is 3. The summed E-state index contributed by atoms with van der Waals surface area (Å²) in [6, 6.07) is 26.1. The van der Waals surface area contributed by atoms with Crippen LogP contribution in [0.4, 0.5) is 15.8 Å². The summed E-state index contributed by atoms with van der Waals surface area (Å²) in [5, 5.41) is 8.26. The number of carbonyl (C=O) groups is 3. The number of nitrogens with one attached hydrogen (secondary N) is 3. The van der Waals surface area contributed by atoms with Gasteiger partial charge in [-0.3, -0.25) is 14.4 Å². The fraction of sp³-hybridized carbons (Fsp3) is 0.0938. The number of thioether (sulfide) groups is 1. The lowest BCUT2D eigenvalue weighted by Gasteiger charge is -2.13. The van der Waals surface area contributed by atoms with Gasteiger partial charge in [-0.15, -0.1) is 11.8 Å². The van der Waals surface area contributed by atoms with Gasteiger partial charge in [0.25, 0.3) is 11.8 Å². The normalized spacial score (nSPS) is 10.9. The molecule has 0 saturated heterocycles. The Hall–Kier alpha value is -5.09. The number of hydrogen-bond donors (Lipinski definition) is 3. The number of anilines is 2. The van der Waals surface area contributed by atoms with Crippen molar-refractivity contribution in [3.05, 3.63) is 120 Å². The molecular formula is C32H28FN3O5S. The Labute approximate surface area is 246 Å². The van der Waals surface area contributed by atoms with Gasteiger partial charge in [0.1, 0.15) is 23.0 Å². The van der Waals surface area contributed by atoms with Crippen LogP contribution in [0.1, 0.15) is 15.9 Å². The molecule has 0 spiro atoms. The predicted octanol–water partition coefficient (Wildman–Crippen LogP) is 5.98. The van der Waals surface area contributed by atoms with E-state index in [1.807, 2.05) is 6.07 Å². The number of rotatable bonds is 11. The summed E-state index contributed by atoms with van der Waals surface area (Å²) in [5.41, 5.74) is 1.85. The molecule has 0 unspecified atom stereocenters. The SMILES string of the molecule is COc1ccc(NC(=O)CSc2cccc(NC(=O)/C(=C/c3ccc(F)cc3)NC(=O)c3ccccc3)c2)c(OC)c1. The van der Waals surface area contributed by atoms with Crippen molar-refractivity contribution in [3.63, 3.8) is 0 Å². The molecule has 8 nitrogen and oxygen atoms in total. The summed E-state index contributed by atoms with van der Waals surface area (Å²) in [6.45, 7) is 0. The first kappa shape index (κ1) is 29.9. The van der Waals surface area contributed by atoms with Crippen molar-refractivity contribution >= 4 is 46.9 Å². The van der Waals surface area contributed by atoms with Gasteiger partial charge in [0.15, 0.2) is 0 Å². The lowest BCUT2D eigenvalue weighted by Crippen LogP contribution is -2.30. The molecule has 10 heteroatoms. The van der Waals surface area contributed by atoms with Crippen molar-refractivity contribution in [1.29, 1.82) is 0 Å². The summed E-state index contributed by atoms with van der Waals surface area (Å²) < 4.78 is 23.9. The van der Waals surface area contributed by atoms with E-state index in [0.29, 0.717) is 34.0 Å². The van der Waals surface area contributed by atoms with Crippen molar-refractivity contribution in [2.24, 2.45) is 0 Å². The molecule has 0 bridgehead atoms. The summed E-state index contributed by atoms with van der Waals surface area (Å²) in [5.74, 6) is -0.522. The highest BCUT2D eigenvalue weighted by atomic mass is 32.2. The minimum atomic E-state index is -0.574. The van der Waals surface area contributed by atoms with E-state index in [-0.39, 0.29) is 17.4 Å². The van der Waals surface area contributed by atoms with Gasteiger partial charge in [0, 0.05) is 22.2 Å². The van der Waals surface area contributed by atoms with Gasteiger partial charge < -0.3 is 25.4 Å². The minimum absolute atomic E-state index is 0.0265. The molecule has 3 amide bonds. The molecule has 0 radical (unpaired) electrons. The number of carbonyl (C=O) groups excluding carboxylic acids is 3. The molecule has 0 heterocycles. The van der Waals surface area contributed by atoms with Gasteiger partial charge in [0.2, 0.25) is 5.91 Å². The number of benzene rings is 4. The maximum atomic E-state index is 13.4. The highest BCUT2D eigenvalue weighted by Gasteiger charge is 2.16. The van der Waals surface area contributed by atoms with Crippen LogP contribution in [0.2, 0.25) is 0 Å². The van der Waals surface area contributed by atoms with Crippen LogP contribution < -0.4 is 25.4 Å². The van der Waals surface area contributed by atoms with Crippen LogP contribution in [0.25, 0.3) is 6.08 Å². The molecule has 0 aliphatic rings. The summed E-state index contributed by atoms with van der Waals surface area (Å²) in [4.78, 5) is 39.4. The van der Waals surface area contributed by atoms with Crippen molar-refractivity contribution in [2.75, 3.05) is 30.6 Å². The van der Waals surface area contributed by atoms with Crippen molar-refractivity contribution in [3.8, 4) is 11.5 Å². The summed E-state index contributed by atoms with van der Waals surface area (Å²) in [6.07, 6.45) is 1.46. The highest BCUT2D eigenvalue weighted by Crippen LogP contribution is 2.29. The van der Waals surface area contributed by atoms with Gasteiger partial charge in [0.05, 0.1) is 25.7 Å². The topological polar surface area (TPSA) is 106 Å². The quantitative estimate of drug-likeness (QED) is 0.148. The van der Waals surface area contributed by atoms with E-state index in [1.54, 1.807) is 73.8 Å². The third-order valence-electron chi connectivity index (χ3n) is 5.85. The zero-order valence-corrected chi connectivity index (χ0v) is 23.7. The third-order valence-corrected chi connectivity index (χ3v) is 6.85. The van der Waals surface area contributed by atoms with E-state index < -0.39 is 17.6 Å². The Kier molecular flexibility index (Phi) is 10.3. The third kappa shape index (κ3) is 8.45. The van der Waals surface area contributed by atoms with E-state index in [1.165, 1.54) is 49.2 Å². The molecule has 3 N–H and O–H groups in total. The summed E-state index contributed by atoms with van der Waals surface area (Å²) in [7, 11) is 3.05.